The molecule has 3 aromatic heterocycles. The van der Waals surface area contributed by atoms with Crippen LogP contribution in [0.25, 0.3) is 27.8 Å². The number of ether oxygens (including phenoxy) is 1. The van der Waals surface area contributed by atoms with Crippen molar-refractivity contribution < 1.29 is 28.6 Å². The highest BCUT2D eigenvalue weighted by Gasteiger charge is 2.34. The molecule has 2 N–H and O–H groups in total. The molecule has 3 amide bonds. The molecule has 0 radical (unpaired) electrons. The molecule has 12 heteroatoms. The number of halogens is 1. The van der Waals surface area contributed by atoms with Crippen molar-refractivity contribution in [3.05, 3.63) is 59.0 Å². The van der Waals surface area contributed by atoms with Crippen LogP contribution in [0.4, 0.5) is 9.18 Å². The molecule has 0 spiro atoms. The van der Waals surface area contributed by atoms with Crippen molar-refractivity contribution in [2.45, 2.75) is 122 Å². The van der Waals surface area contributed by atoms with E-state index in [9.17, 15) is 19.5 Å². The Kier molecular flexibility index (Phi) is 10.1. The molecule has 4 aromatic rings. The second-order valence-corrected chi connectivity index (χ2v) is 17.6. The van der Waals surface area contributed by atoms with Crippen LogP contribution in [0.5, 0.6) is 0 Å². The molecule has 4 aliphatic rings. The molecule has 294 valence electrons. The summed E-state index contributed by atoms with van der Waals surface area (Å²) >= 11 is 0. The van der Waals surface area contributed by atoms with Gasteiger partial charge in [-0.1, -0.05) is 0 Å². The standard InChI is InChI=1S/C43H55FN6O5/c1-26-36-14-11-30(41(53)48-17-5-6-33(25-48)45-42(54)55-43(2,3)4)24-50(36)46-38(26)37-21-31-20-32(44)22-35(39(31)49(37)23-27-7-8-27)28-15-18-47(19-16-28)40(52)29-9-12-34(51)13-10-29/h11,14,20-22,24,27-29,33-34,51H,5-10,12-13,15-19,23,25H2,1-4H3,(H,45,54)/t29-,33-,34-/m1/s1. The molecule has 0 bridgehead atoms. The van der Waals surface area contributed by atoms with E-state index in [1.807, 2.05) is 37.8 Å². The number of hydrogen-bond donors (Lipinski definition) is 2. The smallest absolute Gasteiger partial charge is 0.407 e. The number of aliphatic hydroxyl groups excluding tert-OH is 1. The zero-order chi connectivity index (χ0) is 38.6. The van der Waals surface area contributed by atoms with Crippen LogP contribution in [-0.4, -0.2) is 90.9 Å². The van der Waals surface area contributed by atoms with Crippen LogP contribution in [0, 0.1) is 24.6 Å². The molecule has 5 heterocycles. The number of nitrogens with zero attached hydrogens (tertiary/aromatic N) is 5. The van der Waals surface area contributed by atoms with Crippen LogP contribution in [0.2, 0.25) is 0 Å². The van der Waals surface area contributed by atoms with E-state index in [1.165, 1.54) is 0 Å². The van der Waals surface area contributed by atoms with E-state index in [0.717, 1.165) is 96.8 Å². The Hall–Kier alpha value is -4.45. The molecule has 55 heavy (non-hydrogen) atoms. The highest BCUT2D eigenvalue weighted by atomic mass is 19.1. The molecule has 11 nitrogen and oxygen atoms in total. The van der Waals surface area contributed by atoms with Crippen molar-refractivity contribution in [1.29, 1.82) is 0 Å². The summed E-state index contributed by atoms with van der Waals surface area (Å²) in [5, 5.41) is 18.8. The van der Waals surface area contributed by atoms with Gasteiger partial charge in [0.2, 0.25) is 5.91 Å². The van der Waals surface area contributed by atoms with Crippen LogP contribution < -0.4 is 5.32 Å². The summed E-state index contributed by atoms with van der Waals surface area (Å²) < 4.78 is 25.0. The maximum atomic E-state index is 15.4. The summed E-state index contributed by atoms with van der Waals surface area (Å²) in [5.41, 5.74) is 5.63. The molecule has 2 saturated heterocycles. The number of fused-ring (bicyclic) bond motifs is 2. The van der Waals surface area contributed by atoms with E-state index in [1.54, 1.807) is 27.7 Å². The number of alkyl carbamates (subject to hydrolysis) is 1. The fraction of sp³-hybridized carbons (Fsp3) is 0.581. The SMILES string of the molecule is Cc1c(-c2cc3cc(F)cc(C4CCN(C(=O)[C@H]5CC[C@H](O)CC5)CC4)c3n2CC2CC2)nn2cc(C(=O)N3CCC[C@@H](NC(=O)OC(C)(C)C)C3)ccc12. The number of nitrogens with one attached hydrogen (secondary N) is 1. The average molecular weight is 755 g/mol. The Morgan fingerprint density at radius 1 is 0.945 bits per heavy atom. The highest BCUT2D eigenvalue weighted by Crippen LogP contribution is 2.42. The minimum atomic E-state index is -0.600. The van der Waals surface area contributed by atoms with Crippen LogP contribution in [-0.2, 0) is 16.1 Å². The lowest BCUT2D eigenvalue weighted by atomic mass is 9.84. The topological polar surface area (TPSA) is 121 Å². The predicted octanol–water partition coefficient (Wildman–Crippen LogP) is 7.20. The minimum absolute atomic E-state index is 0.00716. The summed E-state index contributed by atoms with van der Waals surface area (Å²) in [6.07, 6.45) is 9.33. The molecule has 2 aliphatic heterocycles. The predicted molar refractivity (Wildman–Crippen MR) is 208 cm³/mol. The van der Waals surface area contributed by atoms with Gasteiger partial charge in [0.1, 0.15) is 17.1 Å². The third-order valence-electron chi connectivity index (χ3n) is 12.2. The van der Waals surface area contributed by atoms with Crippen molar-refractivity contribution in [1.82, 2.24) is 29.3 Å². The Balaban J connectivity index is 1.05. The first-order chi connectivity index (χ1) is 26.3. The summed E-state index contributed by atoms with van der Waals surface area (Å²) in [4.78, 5) is 43.4. The minimum Gasteiger partial charge on any atom is -0.444 e. The number of carbonyl (C=O) groups is 3. The summed E-state index contributed by atoms with van der Waals surface area (Å²) in [7, 11) is 0. The second kappa shape index (κ2) is 14.9. The van der Waals surface area contributed by atoms with Crippen molar-refractivity contribution in [2.24, 2.45) is 11.8 Å². The van der Waals surface area contributed by atoms with Gasteiger partial charge in [-0.25, -0.2) is 13.7 Å². The summed E-state index contributed by atoms with van der Waals surface area (Å²) in [6, 6.07) is 9.03. The Morgan fingerprint density at radius 3 is 2.40 bits per heavy atom. The number of benzene rings is 1. The van der Waals surface area contributed by atoms with E-state index in [2.05, 4.69) is 22.9 Å². The van der Waals surface area contributed by atoms with Gasteiger partial charge in [0.25, 0.3) is 5.91 Å². The van der Waals surface area contributed by atoms with Crippen molar-refractivity contribution in [2.75, 3.05) is 26.2 Å². The molecular weight excluding hydrogens is 700 g/mol. The van der Waals surface area contributed by atoms with Gasteiger partial charge in [-0.3, -0.25) is 9.59 Å². The third-order valence-corrected chi connectivity index (χ3v) is 12.2. The van der Waals surface area contributed by atoms with Gasteiger partial charge in [0.15, 0.2) is 0 Å². The van der Waals surface area contributed by atoms with Gasteiger partial charge >= 0.3 is 6.09 Å². The van der Waals surface area contributed by atoms with Gasteiger partial charge in [0.05, 0.1) is 28.4 Å². The first-order valence-corrected chi connectivity index (χ1v) is 20.4. The fourth-order valence-electron chi connectivity index (χ4n) is 9.14. The van der Waals surface area contributed by atoms with Crippen LogP contribution >= 0.6 is 0 Å². The Bertz CT molecular complexity index is 2100. The number of rotatable bonds is 7. The van der Waals surface area contributed by atoms with Crippen LogP contribution in [0.3, 0.4) is 0 Å². The Labute approximate surface area is 322 Å². The number of aryl methyl sites for hydroxylation is 1. The zero-order valence-electron chi connectivity index (χ0n) is 32.7. The fourth-order valence-corrected chi connectivity index (χ4v) is 9.14. The molecule has 1 atom stereocenters. The number of amides is 3. The van der Waals surface area contributed by atoms with Gasteiger partial charge in [-0.05, 0) is 140 Å². The van der Waals surface area contributed by atoms with Crippen molar-refractivity contribution in [3.8, 4) is 11.4 Å². The molecule has 8 rings (SSSR count). The van der Waals surface area contributed by atoms with Gasteiger partial charge in [-0.2, -0.15) is 5.10 Å². The molecule has 4 fully saturated rings. The molecule has 1 aromatic carbocycles. The van der Waals surface area contributed by atoms with Crippen LogP contribution in [0.15, 0.2) is 36.5 Å². The maximum Gasteiger partial charge on any atom is 0.407 e. The van der Waals surface area contributed by atoms with E-state index in [-0.39, 0.29) is 41.6 Å². The van der Waals surface area contributed by atoms with E-state index in [0.29, 0.717) is 50.5 Å². The summed E-state index contributed by atoms with van der Waals surface area (Å²) in [6.45, 7) is 10.7. The Morgan fingerprint density at radius 2 is 1.69 bits per heavy atom. The lowest BCUT2D eigenvalue weighted by Gasteiger charge is -2.36. The van der Waals surface area contributed by atoms with Gasteiger partial charge < -0.3 is 29.5 Å². The average Bonchev–Trinajstić information content (AvgIpc) is 3.83. The number of likely N-dealkylation sites (tertiary alicyclic amines) is 2. The largest absolute Gasteiger partial charge is 0.444 e. The number of aromatic nitrogens is 3. The third kappa shape index (κ3) is 7.97. The molecular formula is C43H55FN6O5. The first-order valence-electron chi connectivity index (χ1n) is 20.4. The molecule has 2 aliphatic carbocycles. The van der Waals surface area contributed by atoms with E-state index >= 15 is 4.39 Å². The van der Waals surface area contributed by atoms with Gasteiger partial charge in [0, 0.05) is 61.8 Å². The number of carbonyl (C=O) groups excluding carboxylic acids is 3. The summed E-state index contributed by atoms with van der Waals surface area (Å²) in [5.74, 6) is 0.513. The van der Waals surface area contributed by atoms with E-state index < -0.39 is 11.7 Å². The van der Waals surface area contributed by atoms with Crippen molar-refractivity contribution in [3.63, 3.8) is 0 Å². The number of aliphatic hydroxyl groups is 1. The normalized spacial score (nSPS) is 22.7. The van der Waals surface area contributed by atoms with E-state index in [4.69, 9.17) is 9.84 Å². The highest BCUT2D eigenvalue weighted by molar-refractivity contribution is 5.95. The zero-order valence-corrected chi connectivity index (χ0v) is 32.7. The maximum absolute atomic E-state index is 15.4. The molecule has 0 unspecified atom stereocenters. The lowest BCUT2D eigenvalue weighted by molar-refractivity contribution is -0.138. The lowest BCUT2D eigenvalue weighted by Crippen LogP contribution is -2.50. The number of piperidine rings is 2. The molecule has 2 saturated carbocycles. The number of pyridine rings is 1. The second-order valence-electron chi connectivity index (χ2n) is 17.6. The van der Waals surface area contributed by atoms with Gasteiger partial charge in [-0.15, -0.1) is 0 Å². The monoisotopic (exact) mass is 754 g/mol. The van der Waals surface area contributed by atoms with Crippen LogP contribution in [0.1, 0.15) is 112 Å². The number of hydrogen-bond acceptors (Lipinski definition) is 6. The quantitative estimate of drug-likeness (QED) is 0.206. The van der Waals surface area contributed by atoms with Crippen molar-refractivity contribution >= 4 is 34.3 Å². The first kappa shape index (κ1) is 37.5.